The Balaban J connectivity index is 0.000000175. The highest BCUT2D eigenvalue weighted by Crippen LogP contribution is 2.30. The number of piperidine rings is 1. The van der Waals surface area contributed by atoms with E-state index in [1.54, 1.807) is 0 Å². The second-order valence-electron chi connectivity index (χ2n) is 11.6. The van der Waals surface area contributed by atoms with Gasteiger partial charge in [0.2, 0.25) is 0 Å². The van der Waals surface area contributed by atoms with Crippen molar-refractivity contribution in [2.45, 2.75) is 83.5 Å². The third kappa shape index (κ3) is 13.1. The molecule has 0 radical (unpaired) electrons. The SMILES string of the molecule is N#CC(=C1CCCCC1)c1ccccc1.N#CC(=C1CCNCC1)c1ccccc1.N#CCc1ccccc1.O=C1CCCCC1. The number of carbonyl (C=O) groups excluding carboxylic acids is 1. The van der Waals surface area contributed by atoms with E-state index in [4.69, 9.17) is 5.26 Å². The molecule has 46 heavy (non-hydrogen) atoms. The van der Waals surface area contributed by atoms with Crippen LogP contribution in [0.15, 0.2) is 102 Å². The van der Waals surface area contributed by atoms with Crippen LogP contribution in [0.4, 0.5) is 0 Å². The van der Waals surface area contributed by atoms with Gasteiger partial charge in [0.15, 0.2) is 0 Å². The van der Waals surface area contributed by atoms with Crippen LogP contribution in [0.5, 0.6) is 0 Å². The molecule has 0 unspecified atom stereocenters. The third-order valence-electron chi connectivity index (χ3n) is 8.26. The van der Waals surface area contributed by atoms with E-state index in [9.17, 15) is 15.3 Å². The molecular weight excluding hydrogens is 564 g/mol. The normalized spacial score (nSPS) is 15.4. The first kappa shape index (κ1) is 35.7. The van der Waals surface area contributed by atoms with Crippen LogP contribution in [0.1, 0.15) is 93.7 Å². The molecule has 0 bridgehead atoms. The molecule has 1 heterocycles. The molecule has 0 amide bonds. The lowest BCUT2D eigenvalue weighted by molar-refractivity contribution is -0.120. The fourth-order valence-electron chi connectivity index (χ4n) is 5.75. The van der Waals surface area contributed by atoms with Gasteiger partial charge >= 0.3 is 0 Å². The molecule has 3 aliphatic rings. The average molecular weight is 611 g/mol. The van der Waals surface area contributed by atoms with E-state index >= 15 is 0 Å². The summed E-state index contributed by atoms with van der Waals surface area (Å²) in [5, 5.41) is 30.0. The van der Waals surface area contributed by atoms with Gasteiger partial charge in [0, 0.05) is 12.8 Å². The lowest BCUT2D eigenvalue weighted by Crippen LogP contribution is -2.23. The zero-order valence-corrected chi connectivity index (χ0v) is 27.0. The minimum Gasteiger partial charge on any atom is -0.316 e. The zero-order valence-electron chi connectivity index (χ0n) is 27.0. The number of rotatable bonds is 3. The number of benzene rings is 3. The maximum Gasteiger partial charge on any atom is 0.132 e. The van der Waals surface area contributed by atoms with Crippen LogP contribution in [0.2, 0.25) is 0 Å². The quantitative estimate of drug-likeness (QED) is 0.298. The molecule has 1 saturated heterocycles. The summed E-state index contributed by atoms with van der Waals surface area (Å²) in [6, 6.07) is 36.5. The predicted molar refractivity (Wildman–Crippen MR) is 187 cm³/mol. The van der Waals surface area contributed by atoms with Gasteiger partial charge in [-0.25, -0.2) is 0 Å². The molecule has 0 spiro atoms. The van der Waals surface area contributed by atoms with E-state index in [-0.39, 0.29) is 0 Å². The van der Waals surface area contributed by atoms with Crippen molar-refractivity contribution in [2.75, 3.05) is 13.1 Å². The number of hydrogen-bond acceptors (Lipinski definition) is 5. The molecule has 3 aromatic rings. The Labute approximate surface area is 275 Å². The lowest BCUT2D eigenvalue weighted by atomic mass is 9.89. The maximum absolute atomic E-state index is 10.5. The van der Waals surface area contributed by atoms with Crippen LogP contribution in [0, 0.1) is 34.0 Å². The van der Waals surface area contributed by atoms with Crippen molar-refractivity contribution < 1.29 is 4.79 Å². The largest absolute Gasteiger partial charge is 0.316 e. The van der Waals surface area contributed by atoms with Crippen LogP contribution in [-0.4, -0.2) is 18.9 Å². The zero-order chi connectivity index (χ0) is 32.7. The first-order valence-electron chi connectivity index (χ1n) is 16.6. The second-order valence-corrected chi connectivity index (χ2v) is 11.6. The van der Waals surface area contributed by atoms with Crippen molar-refractivity contribution in [1.82, 2.24) is 5.32 Å². The summed E-state index contributed by atoms with van der Waals surface area (Å²) < 4.78 is 0. The van der Waals surface area contributed by atoms with Gasteiger partial charge < -0.3 is 5.32 Å². The number of allylic oxidation sites excluding steroid dienone is 3. The maximum atomic E-state index is 10.5. The van der Waals surface area contributed by atoms with Gasteiger partial charge in [0.1, 0.15) is 5.78 Å². The number of hydrogen-bond donors (Lipinski definition) is 1. The topological polar surface area (TPSA) is 100 Å². The van der Waals surface area contributed by atoms with Crippen LogP contribution >= 0.6 is 0 Å². The fraction of sp³-hybridized carbons (Fsp3) is 0.366. The summed E-state index contributed by atoms with van der Waals surface area (Å²) in [5.41, 5.74) is 7.65. The van der Waals surface area contributed by atoms with E-state index in [0.29, 0.717) is 12.2 Å². The molecule has 5 nitrogen and oxygen atoms in total. The molecule has 0 atom stereocenters. The van der Waals surface area contributed by atoms with Gasteiger partial charge in [-0.05, 0) is 86.7 Å². The van der Waals surface area contributed by atoms with Gasteiger partial charge in [-0.1, -0.05) is 109 Å². The smallest absolute Gasteiger partial charge is 0.132 e. The van der Waals surface area contributed by atoms with E-state index < -0.39 is 0 Å². The molecule has 236 valence electrons. The summed E-state index contributed by atoms with van der Waals surface area (Å²) in [4.78, 5) is 10.5. The monoisotopic (exact) mass is 610 g/mol. The molecule has 2 saturated carbocycles. The number of ketones is 1. The molecular formula is C41H46N4O. The van der Waals surface area contributed by atoms with Crippen molar-refractivity contribution in [2.24, 2.45) is 0 Å². The Bertz CT molecular complexity index is 1420. The van der Waals surface area contributed by atoms with Crippen LogP contribution in [-0.2, 0) is 11.2 Å². The Morgan fingerprint density at radius 3 is 1.35 bits per heavy atom. The molecule has 3 fully saturated rings. The highest BCUT2D eigenvalue weighted by Gasteiger charge is 2.13. The minimum absolute atomic E-state index is 0.464. The summed E-state index contributed by atoms with van der Waals surface area (Å²) in [6.07, 6.45) is 13.8. The van der Waals surface area contributed by atoms with E-state index in [1.807, 2.05) is 91.0 Å². The number of nitrogens with one attached hydrogen (secondary N) is 1. The van der Waals surface area contributed by atoms with Gasteiger partial charge in [0.25, 0.3) is 0 Å². The van der Waals surface area contributed by atoms with Crippen molar-refractivity contribution >= 4 is 16.9 Å². The average Bonchev–Trinajstić information content (AvgIpc) is 3.13. The van der Waals surface area contributed by atoms with Gasteiger partial charge in [0.05, 0.1) is 35.8 Å². The molecule has 3 aromatic carbocycles. The first-order chi connectivity index (χ1) is 22.7. The third-order valence-corrected chi connectivity index (χ3v) is 8.26. The number of nitrogens with zero attached hydrogens (tertiary/aromatic N) is 3. The van der Waals surface area contributed by atoms with Crippen molar-refractivity contribution in [3.63, 3.8) is 0 Å². The van der Waals surface area contributed by atoms with E-state index in [0.717, 1.165) is 92.3 Å². The second kappa shape index (κ2) is 21.9. The van der Waals surface area contributed by atoms with Crippen LogP contribution in [0.3, 0.4) is 0 Å². The van der Waals surface area contributed by atoms with Gasteiger partial charge in [-0.2, -0.15) is 15.8 Å². The standard InChI is InChI=1S/C14H15N.C13H14N2.C8H7N.C6H10O/c15-11-14(12-7-3-1-4-8-12)13-9-5-2-6-10-13;14-10-13(11-4-2-1-3-5-11)12-6-8-15-9-7-12;9-7-6-8-4-2-1-3-5-8;7-6-4-2-1-3-5-6/h1,3-4,7-8H,2,5-6,9-10H2;1-5,15H,6-9H2;1-5H,6H2;1-5H2. The summed E-state index contributed by atoms with van der Waals surface area (Å²) in [5.74, 6) is 0.464. The Hall–Kier alpha value is -4.76. The first-order valence-corrected chi connectivity index (χ1v) is 16.6. The van der Waals surface area contributed by atoms with Gasteiger partial charge in [-0.15, -0.1) is 0 Å². The minimum atomic E-state index is 0.464. The Morgan fingerprint density at radius 1 is 0.543 bits per heavy atom. The molecule has 5 heteroatoms. The number of carbonyl (C=O) groups is 1. The molecule has 1 N–H and O–H groups in total. The molecule has 2 aliphatic carbocycles. The number of Topliss-reactive ketones (excluding diaryl/α,β-unsaturated/α-hetero) is 1. The highest BCUT2D eigenvalue weighted by molar-refractivity contribution is 5.80. The fourth-order valence-corrected chi connectivity index (χ4v) is 5.75. The molecule has 6 rings (SSSR count). The Kier molecular flexibility index (Phi) is 17.0. The van der Waals surface area contributed by atoms with Crippen molar-refractivity contribution in [3.8, 4) is 18.2 Å². The lowest BCUT2D eigenvalue weighted by Gasteiger charge is -2.17. The van der Waals surface area contributed by atoms with Gasteiger partial charge in [-0.3, -0.25) is 4.79 Å². The van der Waals surface area contributed by atoms with Crippen LogP contribution in [0.25, 0.3) is 11.1 Å². The highest BCUT2D eigenvalue weighted by atomic mass is 16.1. The summed E-state index contributed by atoms with van der Waals surface area (Å²) in [7, 11) is 0. The van der Waals surface area contributed by atoms with Crippen LogP contribution < -0.4 is 5.32 Å². The predicted octanol–water partition coefficient (Wildman–Crippen LogP) is 9.55. The molecule has 0 aromatic heterocycles. The van der Waals surface area contributed by atoms with Crippen molar-refractivity contribution in [1.29, 1.82) is 15.8 Å². The summed E-state index contributed by atoms with van der Waals surface area (Å²) >= 11 is 0. The van der Waals surface area contributed by atoms with E-state index in [2.05, 4.69) is 23.5 Å². The summed E-state index contributed by atoms with van der Waals surface area (Å²) in [6.45, 7) is 1.99. The molecule has 1 aliphatic heterocycles. The number of nitriles is 3. The van der Waals surface area contributed by atoms with E-state index in [1.165, 1.54) is 36.8 Å². The van der Waals surface area contributed by atoms with Crippen molar-refractivity contribution in [3.05, 3.63) is 119 Å². The Morgan fingerprint density at radius 2 is 0.957 bits per heavy atom.